The Balaban J connectivity index is 1.43. The summed E-state index contributed by atoms with van der Waals surface area (Å²) in [5, 5.41) is 14.1. The molecule has 30 heavy (non-hydrogen) atoms. The molecule has 0 aliphatic carbocycles. The zero-order chi connectivity index (χ0) is 21.1. The first-order valence-electron chi connectivity index (χ1n) is 8.76. The molecule has 5 nitrogen and oxygen atoms in total. The van der Waals surface area contributed by atoms with Crippen molar-refractivity contribution in [2.45, 2.75) is 13.0 Å². The lowest BCUT2D eigenvalue weighted by atomic mass is 10.1. The number of aromatic amines is 1. The fraction of sp³-hybridized carbons (Fsp3) is 0.100. The monoisotopic (exact) mass is 586 g/mol. The summed E-state index contributed by atoms with van der Waals surface area (Å²) in [6.45, 7) is 0.317. The minimum Gasteiger partial charge on any atom is -0.486 e. The van der Waals surface area contributed by atoms with Crippen LogP contribution in [-0.2, 0) is 13.0 Å². The largest absolute Gasteiger partial charge is 0.486 e. The van der Waals surface area contributed by atoms with Crippen molar-refractivity contribution in [1.82, 2.24) is 15.2 Å². The van der Waals surface area contributed by atoms with E-state index in [2.05, 4.69) is 52.4 Å². The van der Waals surface area contributed by atoms with Crippen LogP contribution in [0.4, 0.5) is 10.8 Å². The van der Waals surface area contributed by atoms with Gasteiger partial charge < -0.3 is 15.0 Å². The first-order chi connectivity index (χ1) is 14.5. The molecular formula is C20H14Br2Cl2N4OS. The van der Waals surface area contributed by atoms with Gasteiger partial charge in [0.15, 0.2) is 5.01 Å². The summed E-state index contributed by atoms with van der Waals surface area (Å²) in [6, 6.07) is 13.7. The zero-order valence-corrected chi connectivity index (χ0v) is 20.8. The van der Waals surface area contributed by atoms with E-state index in [0.29, 0.717) is 28.3 Å². The third kappa shape index (κ3) is 5.18. The number of halogens is 4. The van der Waals surface area contributed by atoms with Gasteiger partial charge in [-0.05, 0) is 51.3 Å². The third-order valence-electron chi connectivity index (χ3n) is 4.19. The molecule has 0 saturated heterocycles. The minimum atomic E-state index is 0.317. The molecule has 4 aromatic rings. The Morgan fingerprint density at radius 1 is 1.07 bits per heavy atom. The summed E-state index contributed by atoms with van der Waals surface area (Å²) in [5.41, 5.74) is 2.83. The lowest BCUT2D eigenvalue weighted by Crippen LogP contribution is -1.99. The number of para-hydroxylation sites is 1. The number of H-pyrrole nitrogens is 1. The number of anilines is 2. The van der Waals surface area contributed by atoms with Crippen LogP contribution in [-0.4, -0.2) is 15.2 Å². The molecule has 2 aromatic heterocycles. The molecule has 0 aliphatic heterocycles. The van der Waals surface area contributed by atoms with Gasteiger partial charge in [0, 0.05) is 21.6 Å². The summed E-state index contributed by atoms with van der Waals surface area (Å²) < 4.78 is 7.94. The highest BCUT2D eigenvalue weighted by molar-refractivity contribution is 9.11. The summed E-state index contributed by atoms with van der Waals surface area (Å²) in [5.74, 6) is 0.769. The van der Waals surface area contributed by atoms with Crippen molar-refractivity contribution in [2.24, 2.45) is 0 Å². The van der Waals surface area contributed by atoms with Crippen molar-refractivity contribution >= 4 is 77.2 Å². The molecule has 0 aliphatic rings. The average Bonchev–Trinajstić information content (AvgIpc) is 3.31. The highest BCUT2D eigenvalue weighted by Crippen LogP contribution is 2.32. The molecule has 0 saturated carbocycles. The Morgan fingerprint density at radius 2 is 1.90 bits per heavy atom. The Morgan fingerprint density at radius 3 is 2.70 bits per heavy atom. The summed E-state index contributed by atoms with van der Waals surface area (Å²) in [6.07, 6.45) is 2.42. The molecule has 0 fully saturated rings. The van der Waals surface area contributed by atoms with Gasteiger partial charge in [-0.25, -0.2) is 0 Å². The van der Waals surface area contributed by atoms with E-state index in [4.69, 9.17) is 27.9 Å². The molecule has 2 heterocycles. The van der Waals surface area contributed by atoms with Crippen LogP contribution >= 0.6 is 66.4 Å². The van der Waals surface area contributed by atoms with E-state index >= 15 is 0 Å². The van der Waals surface area contributed by atoms with Gasteiger partial charge in [0.05, 0.1) is 10.7 Å². The number of aromatic nitrogens is 3. The van der Waals surface area contributed by atoms with Crippen molar-refractivity contribution in [2.75, 3.05) is 5.32 Å². The first kappa shape index (κ1) is 21.6. The van der Waals surface area contributed by atoms with Crippen molar-refractivity contribution in [1.29, 1.82) is 0 Å². The van der Waals surface area contributed by atoms with Crippen LogP contribution in [0.15, 0.2) is 57.6 Å². The van der Waals surface area contributed by atoms with Gasteiger partial charge in [0.25, 0.3) is 0 Å². The Hall–Kier alpha value is -1.58. The van der Waals surface area contributed by atoms with E-state index in [1.165, 1.54) is 11.3 Å². The van der Waals surface area contributed by atoms with Crippen LogP contribution in [0.5, 0.6) is 5.75 Å². The summed E-state index contributed by atoms with van der Waals surface area (Å²) >= 11 is 20.7. The molecule has 154 valence electrons. The van der Waals surface area contributed by atoms with Gasteiger partial charge in [-0.3, -0.25) is 0 Å². The van der Waals surface area contributed by atoms with E-state index in [1.54, 1.807) is 0 Å². The van der Waals surface area contributed by atoms with E-state index in [-0.39, 0.29) is 0 Å². The van der Waals surface area contributed by atoms with Gasteiger partial charge in [-0.15, -0.1) is 10.2 Å². The molecule has 0 radical (unpaired) electrons. The number of hydrogen-bond donors (Lipinski definition) is 2. The van der Waals surface area contributed by atoms with E-state index in [9.17, 15) is 0 Å². The Kier molecular flexibility index (Phi) is 7.00. The maximum Gasteiger partial charge on any atom is 0.210 e. The Labute approximate surface area is 204 Å². The van der Waals surface area contributed by atoms with Gasteiger partial charge in [-0.2, -0.15) is 0 Å². The molecule has 10 heteroatoms. The predicted octanol–water partition coefficient (Wildman–Crippen LogP) is 7.61. The van der Waals surface area contributed by atoms with Crippen molar-refractivity contribution in [3.8, 4) is 5.75 Å². The van der Waals surface area contributed by atoms with E-state index in [0.717, 1.165) is 36.5 Å². The van der Waals surface area contributed by atoms with Crippen LogP contribution < -0.4 is 10.1 Å². The molecule has 2 aromatic carbocycles. The van der Waals surface area contributed by atoms with Gasteiger partial charge in [-0.1, -0.05) is 68.7 Å². The fourth-order valence-corrected chi connectivity index (χ4v) is 4.48. The molecule has 4 rings (SSSR count). The number of nitrogens with zero attached hydrogens (tertiary/aromatic N) is 2. The summed E-state index contributed by atoms with van der Waals surface area (Å²) in [7, 11) is 0. The van der Waals surface area contributed by atoms with Gasteiger partial charge in [0.1, 0.15) is 17.5 Å². The maximum atomic E-state index is 6.24. The Bertz CT molecular complexity index is 1180. The SMILES string of the molecule is Clc1[nH]cc(Cc2ccccc2OCc2nnc(Nc3cc(Br)ccc3Br)s2)c1Cl. The number of benzene rings is 2. The molecule has 0 spiro atoms. The minimum absolute atomic E-state index is 0.317. The lowest BCUT2D eigenvalue weighted by molar-refractivity contribution is 0.302. The van der Waals surface area contributed by atoms with Crippen molar-refractivity contribution < 1.29 is 4.74 Å². The second-order valence-corrected chi connectivity index (χ2v) is 9.85. The highest BCUT2D eigenvalue weighted by atomic mass is 79.9. The summed E-state index contributed by atoms with van der Waals surface area (Å²) in [4.78, 5) is 2.93. The molecule has 0 unspecified atom stereocenters. The zero-order valence-electron chi connectivity index (χ0n) is 15.3. The van der Waals surface area contributed by atoms with Crippen LogP contribution in [0.3, 0.4) is 0 Å². The number of nitrogens with one attached hydrogen (secondary N) is 2. The second-order valence-electron chi connectivity index (χ2n) is 6.27. The second kappa shape index (κ2) is 9.70. The van der Waals surface area contributed by atoms with Crippen LogP contribution in [0.2, 0.25) is 10.2 Å². The van der Waals surface area contributed by atoms with E-state index < -0.39 is 0 Å². The molecule has 0 atom stereocenters. The lowest BCUT2D eigenvalue weighted by Gasteiger charge is -2.10. The predicted molar refractivity (Wildman–Crippen MR) is 129 cm³/mol. The molecule has 0 bridgehead atoms. The third-order valence-corrected chi connectivity index (χ3v) is 7.01. The van der Waals surface area contributed by atoms with Gasteiger partial charge in [0.2, 0.25) is 5.13 Å². The fourth-order valence-electron chi connectivity index (χ4n) is 2.75. The molecular weight excluding hydrogens is 575 g/mol. The molecule has 2 N–H and O–H groups in total. The van der Waals surface area contributed by atoms with Crippen LogP contribution in [0, 0.1) is 0 Å². The number of rotatable bonds is 7. The van der Waals surface area contributed by atoms with Crippen LogP contribution in [0.25, 0.3) is 0 Å². The highest BCUT2D eigenvalue weighted by Gasteiger charge is 2.12. The topological polar surface area (TPSA) is 62.8 Å². The number of hydrogen-bond acceptors (Lipinski definition) is 5. The van der Waals surface area contributed by atoms with Crippen molar-refractivity contribution in [3.05, 3.63) is 83.9 Å². The first-order valence-corrected chi connectivity index (χ1v) is 11.9. The van der Waals surface area contributed by atoms with Crippen LogP contribution in [0.1, 0.15) is 16.1 Å². The normalized spacial score (nSPS) is 10.9. The van der Waals surface area contributed by atoms with Gasteiger partial charge >= 0.3 is 0 Å². The quantitative estimate of drug-likeness (QED) is 0.233. The smallest absolute Gasteiger partial charge is 0.210 e. The number of ether oxygens (including phenoxy) is 1. The van der Waals surface area contributed by atoms with Crippen molar-refractivity contribution in [3.63, 3.8) is 0 Å². The molecule has 0 amide bonds. The maximum absolute atomic E-state index is 6.24. The average molecular weight is 589 g/mol. The van der Waals surface area contributed by atoms with E-state index in [1.807, 2.05) is 48.7 Å². The standard InChI is InChI=1S/C20H14Br2Cl2N4OS/c21-13-5-6-14(22)15(8-13)26-20-28-27-17(30-20)10-29-16-4-2-1-3-11(16)7-12-9-25-19(24)18(12)23/h1-6,8-9,25H,7,10H2,(H,26,28).